The summed E-state index contributed by atoms with van der Waals surface area (Å²) in [5, 5.41) is 0. The molecule has 2 aromatic carbocycles. The Morgan fingerprint density at radius 1 is 1.12 bits per heavy atom. The lowest BCUT2D eigenvalue weighted by Gasteiger charge is -2.08. The molecule has 0 radical (unpaired) electrons. The molecule has 4 heteroatoms. The van der Waals surface area contributed by atoms with Crippen LogP contribution in [0.15, 0.2) is 46.9 Å². The van der Waals surface area contributed by atoms with Gasteiger partial charge in [-0.15, -0.1) is 0 Å². The predicted molar refractivity (Wildman–Crippen MR) is 65.0 cm³/mol. The monoisotopic (exact) mass is 281 g/mol. The molecule has 0 aliphatic heterocycles. The predicted octanol–water partition coefficient (Wildman–Crippen LogP) is 3.96. The molecule has 82 valence electrons. The summed E-state index contributed by atoms with van der Waals surface area (Å²) in [7, 11) is 0. The zero-order valence-corrected chi connectivity index (χ0v) is 9.87. The van der Waals surface area contributed by atoms with Gasteiger partial charge in [-0.05, 0) is 30.3 Å². The van der Waals surface area contributed by atoms with Crippen LogP contribution < -0.4 is 10.5 Å². The topological polar surface area (TPSA) is 35.2 Å². The lowest BCUT2D eigenvalue weighted by molar-refractivity contribution is 0.478. The van der Waals surface area contributed by atoms with Crippen molar-refractivity contribution in [3.8, 4) is 11.5 Å². The molecule has 0 aliphatic rings. The molecule has 2 aromatic rings. The summed E-state index contributed by atoms with van der Waals surface area (Å²) in [4.78, 5) is 0. The molecular weight excluding hydrogens is 273 g/mol. The van der Waals surface area contributed by atoms with Gasteiger partial charge >= 0.3 is 0 Å². The van der Waals surface area contributed by atoms with Gasteiger partial charge in [-0.25, -0.2) is 4.39 Å². The molecule has 0 heterocycles. The van der Waals surface area contributed by atoms with Crippen LogP contribution in [0.3, 0.4) is 0 Å². The number of benzene rings is 2. The van der Waals surface area contributed by atoms with E-state index in [1.165, 1.54) is 12.1 Å². The summed E-state index contributed by atoms with van der Waals surface area (Å²) < 4.78 is 19.3. The maximum Gasteiger partial charge on any atom is 0.151 e. The molecule has 0 saturated heterocycles. The Hall–Kier alpha value is -1.55. The van der Waals surface area contributed by atoms with Crippen molar-refractivity contribution in [3.63, 3.8) is 0 Å². The quantitative estimate of drug-likeness (QED) is 0.846. The highest BCUT2D eigenvalue weighted by molar-refractivity contribution is 9.10. The lowest BCUT2D eigenvalue weighted by Crippen LogP contribution is -1.92. The molecule has 2 nitrogen and oxygen atoms in total. The highest BCUT2D eigenvalue weighted by atomic mass is 79.9. The minimum atomic E-state index is -0.342. The molecule has 16 heavy (non-hydrogen) atoms. The number of hydrogen-bond acceptors (Lipinski definition) is 2. The van der Waals surface area contributed by atoms with E-state index in [0.717, 1.165) is 4.47 Å². The van der Waals surface area contributed by atoms with Crippen molar-refractivity contribution in [2.75, 3.05) is 5.73 Å². The molecule has 0 saturated carbocycles. The standard InChI is InChI=1S/C12H9BrFNO/c13-8-4-5-11(15)12(6-8)16-10-3-1-2-9(14)7-10/h1-7H,15H2. The number of anilines is 1. The molecule has 0 bridgehead atoms. The molecule has 0 atom stereocenters. The molecule has 0 aromatic heterocycles. The molecule has 0 amide bonds. The van der Waals surface area contributed by atoms with Crippen molar-refractivity contribution < 1.29 is 9.13 Å². The van der Waals surface area contributed by atoms with Gasteiger partial charge in [0.2, 0.25) is 0 Å². The third kappa shape index (κ3) is 2.52. The third-order valence-electron chi connectivity index (χ3n) is 2.00. The molecular formula is C12H9BrFNO. The van der Waals surface area contributed by atoms with E-state index in [9.17, 15) is 4.39 Å². The fourth-order valence-electron chi connectivity index (χ4n) is 1.25. The average Bonchev–Trinajstić information content (AvgIpc) is 2.24. The minimum absolute atomic E-state index is 0.342. The second-order valence-electron chi connectivity index (χ2n) is 3.24. The van der Waals surface area contributed by atoms with Crippen LogP contribution in [0, 0.1) is 5.82 Å². The fourth-order valence-corrected chi connectivity index (χ4v) is 1.59. The van der Waals surface area contributed by atoms with Gasteiger partial charge in [0.15, 0.2) is 5.75 Å². The molecule has 0 fully saturated rings. The third-order valence-corrected chi connectivity index (χ3v) is 2.49. The number of ether oxygens (including phenoxy) is 1. The van der Waals surface area contributed by atoms with Gasteiger partial charge in [0.05, 0.1) is 5.69 Å². The highest BCUT2D eigenvalue weighted by Gasteiger charge is 2.03. The first kappa shape index (κ1) is 11.0. The maximum atomic E-state index is 12.9. The van der Waals surface area contributed by atoms with E-state index >= 15 is 0 Å². The van der Waals surface area contributed by atoms with Gasteiger partial charge in [0.25, 0.3) is 0 Å². The van der Waals surface area contributed by atoms with E-state index in [2.05, 4.69) is 15.9 Å². The Kier molecular flexibility index (Phi) is 3.10. The molecule has 0 spiro atoms. The number of rotatable bonds is 2. The van der Waals surface area contributed by atoms with Crippen molar-refractivity contribution >= 4 is 21.6 Å². The van der Waals surface area contributed by atoms with Crippen LogP contribution in [0.4, 0.5) is 10.1 Å². The summed E-state index contributed by atoms with van der Waals surface area (Å²) in [6.07, 6.45) is 0. The van der Waals surface area contributed by atoms with Crippen LogP contribution in [-0.2, 0) is 0 Å². The lowest BCUT2D eigenvalue weighted by atomic mass is 10.3. The minimum Gasteiger partial charge on any atom is -0.455 e. The Balaban J connectivity index is 2.30. The first-order valence-electron chi connectivity index (χ1n) is 4.63. The first-order valence-corrected chi connectivity index (χ1v) is 5.43. The molecule has 2 rings (SSSR count). The SMILES string of the molecule is Nc1ccc(Br)cc1Oc1cccc(F)c1. The summed E-state index contributed by atoms with van der Waals surface area (Å²) in [6, 6.07) is 11.2. The van der Waals surface area contributed by atoms with E-state index in [1.54, 1.807) is 24.3 Å². The van der Waals surface area contributed by atoms with Crippen molar-refractivity contribution in [1.82, 2.24) is 0 Å². The van der Waals surface area contributed by atoms with Crippen LogP contribution in [0.1, 0.15) is 0 Å². The number of hydrogen-bond donors (Lipinski definition) is 1. The zero-order chi connectivity index (χ0) is 11.5. The van der Waals surface area contributed by atoms with Gasteiger partial charge in [-0.3, -0.25) is 0 Å². The van der Waals surface area contributed by atoms with Gasteiger partial charge in [0, 0.05) is 10.5 Å². The summed E-state index contributed by atoms with van der Waals surface area (Å²) in [5.74, 6) is 0.579. The van der Waals surface area contributed by atoms with Crippen LogP contribution in [0.5, 0.6) is 11.5 Å². The number of nitrogen functional groups attached to an aromatic ring is 1. The van der Waals surface area contributed by atoms with Gasteiger partial charge in [-0.1, -0.05) is 22.0 Å². The Morgan fingerprint density at radius 3 is 2.69 bits per heavy atom. The van der Waals surface area contributed by atoms with Crippen LogP contribution in [0.2, 0.25) is 0 Å². The van der Waals surface area contributed by atoms with E-state index in [1.807, 2.05) is 6.07 Å². The van der Waals surface area contributed by atoms with Crippen molar-refractivity contribution in [1.29, 1.82) is 0 Å². The van der Waals surface area contributed by atoms with Crippen molar-refractivity contribution in [3.05, 3.63) is 52.8 Å². The van der Waals surface area contributed by atoms with E-state index in [0.29, 0.717) is 17.2 Å². The van der Waals surface area contributed by atoms with E-state index < -0.39 is 0 Å². The Morgan fingerprint density at radius 2 is 1.94 bits per heavy atom. The van der Waals surface area contributed by atoms with Crippen LogP contribution >= 0.6 is 15.9 Å². The fraction of sp³-hybridized carbons (Fsp3) is 0. The number of nitrogens with two attached hydrogens (primary N) is 1. The second-order valence-corrected chi connectivity index (χ2v) is 4.16. The molecule has 0 aliphatic carbocycles. The van der Waals surface area contributed by atoms with Crippen molar-refractivity contribution in [2.45, 2.75) is 0 Å². The van der Waals surface area contributed by atoms with Crippen LogP contribution in [-0.4, -0.2) is 0 Å². The Labute approximate surface area is 101 Å². The molecule has 2 N–H and O–H groups in total. The highest BCUT2D eigenvalue weighted by Crippen LogP contribution is 2.30. The molecule has 0 unspecified atom stereocenters. The van der Waals surface area contributed by atoms with Crippen LogP contribution in [0.25, 0.3) is 0 Å². The smallest absolute Gasteiger partial charge is 0.151 e. The summed E-state index contributed by atoms with van der Waals surface area (Å²) in [5.41, 5.74) is 6.24. The number of halogens is 2. The van der Waals surface area contributed by atoms with E-state index in [-0.39, 0.29) is 5.82 Å². The zero-order valence-electron chi connectivity index (χ0n) is 8.28. The average molecular weight is 282 g/mol. The summed E-state index contributed by atoms with van der Waals surface area (Å²) in [6.45, 7) is 0. The van der Waals surface area contributed by atoms with Gasteiger partial charge in [0.1, 0.15) is 11.6 Å². The largest absolute Gasteiger partial charge is 0.455 e. The summed E-state index contributed by atoms with van der Waals surface area (Å²) >= 11 is 3.31. The van der Waals surface area contributed by atoms with E-state index in [4.69, 9.17) is 10.5 Å². The van der Waals surface area contributed by atoms with Gasteiger partial charge in [-0.2, -0.15) is 0 Å². The normalized spacial score (nSPS) is 10.1. The van der Waals surface area contributed by atoms with Gasteiger partial charge < -0.3 is 10.5 Å². The maximum absolute atomic E-state index is 12.9. The van der Waals surface area contributed by atoms with Crippen molar-refractivity contribution in [2.24, 2.45) is 0 Å². The first-order chi connectivity index (χ1) is 7.65. The second kappa shape index (κ2) is 4.53. The Bertz CT molecular complexity index is 516.